The maximum Gasteiger partial charge on any atom is 0.130 e. The first-order valence-corrected chi connectivity index (χ1v) is 7.36. The summed E-state index contributed by atoms with van der Waals surface area (Å²) in [6, 6.07) is 0.191. The Kier molecular flexibility index (Phi) is 3.99. The number of thioether (sulfide) groups is 1. The van der Waals surface area contributed by atoms with Crippen molar-refractivity contribution in [2.45, 2.75) is 26.3 Å². The number of rotatable bonds is 3. The van der Waals surface area contributed by atoms with E-state index in [0.29, 0.717) is 0 Å². The molecule has 2 N–H and O–H groups in total. The molecule has 2 rings (SSSR count). The van der Waals surface area contributed by atoms with Crippen molar-refractivity contribution in [3.05, 3.63) is 11.3 Å². The monoisotopic (exact) mass is 254 g/mol. The van der Waals surface area contributed by atoms with Crippen molar-refractivity contribution < 1.29 is 0 Å². The number of nitrogens with two attached hydrogens (primary N) is 1. The third-order valence-corrected chi connectivity index (χ3v) is 4.09. The van der Waals surface area contributed by atoms with Gasteiger partial charge in [0.05, 0.1) is 5.69 Å². The quantitative estimate of drug-likeness (QED) is 0.879. The third kappa shape index (κ3) is 2.77. The first kappa shape index (κ1) is 12.8. The van der Waals surface area contributed by atoms with Crippen molar-refractivity contribution in [2.75, 3.05) is 29.5 Å². The highest BCUT2D eigenvalue weighted by Crippen LogP contribution is 2.26. The Bertz CT molecular complexity index is 380. The van der Waals surface area contributed by atoms with Crippen molar-refractivity contribution in [1.29, 1.82) is 0 Å². The van der Waals surface area contributed by atoms with E-state index in [-0.39, 0.29) is 6.04 Å². The van der Waals surface area contributed by atoms with E-state index in [9.17, 15) is 0 Å². The van der Waals surface area contributed by atoms with Gasteiger partial charge < -0.3 is 10.6 Å². The van der Waals surface area contributed by atoms with Gasteiger partial charge >= 0.3 is 0 Å². The predicted octanol–water partition coefficient (Wildman–Crippen LogP) is 1.17. The van der Waals surface area contributed by atoms with Crippen LogP contribution in [0.4, 0.5) is 5.82 Å². The molecule has 0 amide bonds. The van der Waals surface area contributed by atoms with Crippen molar-refractivity contribution >= 4 is 17.6 Å². The van der Waals surface area contributed by atoms with Crippen LogP contribution in [0.2, 0.25) is 0 Å². The topological polar surface area (TPSA) is 47.1 Å². The molecular weight excluding hydrogens is 232 g/mol. The molecule has 0 spiro atoms. The van der Waals surface area contributed by atoms with Crippen LogP contribution in [-0.4, -0.2) is 40.4 Å². The van der Waals surface area contributed by atoms with Gasteiger partial charge in [-0.25, -0.2) is 0 Å². The summed E-state index contributed by atoms with van der Waals surface area (Å²) in [5, 5.41) is 4.55. The zero-order valence-electron chi connectivity index (χ0n) is 10.9. The Morgan fingerprint density at radius 3 is 2.65 bits per heavy atom. The van der Waals surface area contributed by atoms with Crippen LogP contribution >= 0.6 is 11.8 Å². The van der Waals surface area contributed by atoms with E-state index in [4.69, 9.17) is 5.73 Å². The van der Waals surface area contributed by atoms with Crippen LogP contribution in [-0.2, 0) is 13.5 Å². The van der Waals surface area contributed by atoms with Crippen molar-refractivity contribution in [3.63, 3.8) is 0 Å². The van der Waals surface area contributed by atoms with E-state index >= 15 is 0 Å². The van der Waals surface area contributed by atoms with Crippen LogP contribution < -0.4 is 10.6 Å². The molecule has 5 heteroatoms. The summed E-state index contributed by atoms with van der Waals surface area (Å²) >= 11 is 2.03. The van der Waals surface area contributed by atoms with Gasteiger partial charge in [0.15, 0.2) is 0 Å². The minimum absolute atomic E-state index is 0.191. The molecule has 0 radical (unpaired) electrons. The largest absolute Gasteiger partial charge is 0.355 e. The Morgan fingerprint density at radius 2 is 2.06 bits per heavy atom. The van der Waals surface area contributed by atoms with Crippen molar-refractivity contribution in [2.24, 2.45) is 12.8 Å². The Balaban J connectivity index is 2.29. The van der Waals surface area contributed by atoms with E-state index in [1.807, 2.05) is 23.5 Å². The van der Waals surface area contributed by atoms with Crippen LogP contribution in [0.15, 0.2) is 0 Å². The van der Waals surface area contributed by atoms with Gasteiger partial charge in [0.2, 0.25) is 0 Å². The molecule has 1 unspecified atom stereocenters. The van der Waals surface area contributed by atoms with E-state index < -0.39 is 0 Å². The summed E-state index contributed by atoms with van der Waals surface area (Å²) in [4.78, 5) is 2.45. The standard InChI is InChI=1S/C12H22N4S/c1-9(13)8-11-10(2)14-15(3)12(11)16-4-6-17-7-5-16/h9H,4-8,13H2,1-3H3. The van der Waals surface area contributed by atoms with Crippen molar-refractivity contribution in [3.8, 4) is 0 Å². The molecule has 1 aromatic heterocycles. The molecule has 2 heterocycles. The SMILES string of the molecule is Cc1nn(C)c(N2CCSCC2)c1CC(C)N. The van der Waals surface area contributed by atoms with Gasteiger partial charge in [-0.2, -0.15) is 16.9 Å². The molecule has 0 saturated carbocycles. The summed E-state index contributed by atoms with van der Waals surface area (Å²) in [5.74, 6) is 3.70. The molecular formula is C12H22N4S. The smallest absolute Gasteiger partial charge is 0.130 e. The zero-order chi connectivity index (χ0) is 12.4. The lowest BCUT2D eigenvalue weighted by Gasteiger charge is -2.29. The fraction of sp³-hybridized carbons (Fsp3) is 0.750. The number of aryl methyl sites for hydroxylation is 2. The number of aromatic nitrogens is 2. The van der Waals surface area contributed by atoms with Gasteiger partial charge in [-0.1, -0.05) is 0 Å². The first-order chi connectivity index (χ1) is 8.09. The maximum atomic E-state index is 5.94. The number of hydrogen-bond donors (Lipinski definition) is 1. The Labute approximate surface area is 108 Å². The molecule has 4 nitrogen and oxygen atoms in total. The summed E-state index contributed by atoms with van der Waals surface area (Å²) in [7, 11) is 2.04. The Morgan fingerprint density at radius 1 is 1.41 bits per heavy atom. The summed E-state index contributed by atoms with van der Waals surface area (Å²) in [6.45, 7) is 6.38. The molecule has 1 fully saturated rings. The van der Waals surface area contributed by atoms with Crippen molar-refractivity contribution in [1.82, 2.24) is 9.78 Å². The number of hydrogen-bond acceptors (Lipinski definition) is 4. The lowest BCUT2D eigenvalue weighted by atomic mass is 10.1. The van der Waals surface area contributed by atoms with E-state index in [1.165, 1.54) is 22.9 Å². The average Bonchev–Trinajstić information content (AvgIpc) is 2.54. The summed E-state index contributed by atoms with van der Waals surface area (Å²) in [6.07, 6.45) is 0.915. The van der Waals surface area contributed by atoms with Gasteiger partial charge in [0, 0.05) is 43.2 Å². The summed E-state index contributed by atoms with van der Waals surface area (Å²) in [5.41, 5.74) is 8.39. The second-order valence-electron chi connectivity index (χ2n) is 4.79. The Hall–Kier alpha value is -0.680. The highest BCUT2D eigenvalue weighted by molar-refractivity contribution is 7.99. The molecule has 1 aliphatic rings. The minimum Gasteiger partial charge on any atom is -0.355 e. The van der Waals surface area contributed by atoms with E-state index in [0.717, 1.165) is 25.2 Å². The van der Waals surface area contributed by atoms with Crippen LogP contribution in [0.3, 0.4) is 0 Å². The van der Waals surface area contributed by atoms with Crippen LogP contribution in [0.25, 0.3) is 0 Å². The first-order valence-electron chi connectivity index (χ1n) is 6.20. The van der Waals surface area contributed by atoms with Gasteiger partial charge in [0.25, 0.3) is 0 Å². The second-order valence-corrected chi connectivity index (χ2v) is 6.02. The number of nitrogens with zero attached hydrogens (tertiary/aromatic N) is 3. The number of anilines is 1. The molecule has 1 aliphatic heterocycles. The molecule has 0 aromatic carbocycles. The second kappa shape index (κ2) is 5.31. The molecule has 1 saturated heterocycles. The summed E-state index contributed by atoms with van der Waals surface area (Å²) < 4.78 is 2.02. The molecule has 0 aliphatic carbocycles. The van der Waals surface area contributed by atoms with Crippen LogP contribution in [0.5, 0.6) is 0 Å². The normalized spacial score (nSPS) is 18.5. The highest BCUT2D eigenvalue weighted by atomic mass is 32.2. The van der Waals surface area contributed by atoms with Crippen LogP contribution in [0, 0.1) is 6.92 Å². The molecule has 0 bridgehead atoms. The molecule has 1 aromatic rings. The molecule has 1 atom stereocenters. The molecule has 17 heavy (non-hydrogen) atoms. The van der Waals surface area contributed by atoms with Gasteiger partial charge in [-0.15, -0.1) is 0 Å². The zero-order valence-corrected chi connectivity index (χ0v) is 11.8. The third-order valence-electron chi connectivity index (χ3n) is 3.15. The fourth-order valence-electron chi connectivity index (χ4n) is 2.42. The average molecular weight is 254 g/mol. The van der Waals surface area contributed by atoms with Crippen LogP contribution in [0.1, 0.15) is 18.2 Å². The highest BCUT2D eigenvalue weighted by Gasteiger charge is 2.21. The predicted molar refractivity (Wildman–Crippen MR) is 74.8 cm³/mol. The maximum absolute atomic E-state index is 5.94. The van der Waals surface area contributed by atoms with Gasteiger partial charge in [0.1, 0.15) is 5.82 Å². The lowest BCUT2D eigenvalue weighted by Crippen LogP contribution is -2.35. The lowest BCUT2D eigenvalue weighted by molar-refractivity contribution is 0.704. The minimum atomic E-state index is 0.191. The molecule has 96 valence electrons. The van der Waals surface area contributed by atoms with E-state index in [2.05, 4.69) is 23.8 Å². The fourth-order valence-corrected chi connectivity index (χ4v) is 3.32. The van der Waals surface area contributed by atoms with Gasteiger partial charge in [-0.05, 0) is 20.3 Å². The van der Waals surface area contributed by atoms with Gasteiger partial charge in [-0.3, -0.25) is 4.68 Å². The van der Waals surface area contributed by atoms with E-state index in [1.54, 1.807) is 0 Å².